The summed E-state index contributed by atoms with van der Waals surface area (Å²) < 4.78 is 0. The van der Waals surface area contributed by atoms with Crippen LogP contribution >= 0.6 is 0 Å². The Bertz CT molecular complexity index is 79.1. The minimum atomic E-state index is 1.07. The van der Waals surface area contributed by atoms with E-state index < -0.39 is 0 Å². The zero-order valence-electron chi connectivity index (χ0n) is 4.72. The third kappa shape index (κ3) is 1.69. The van der Waals surface area contributed by atoms with Gasteiger partial charge in [0.25, 0.3) is 0 Å². The van der Waals surface area contributed by atoms with Crippen molar-refractivity contribution in [1.29, 1.82) is 0 Å². The van der Waals surface area contributed by atoms with Crippen molar-refractivity contribution in [2.24, 2.45) is 0 Å². The standard InChI is InChI=1S/2C3H5N/c2*1-2-4-3-1/h2*1-2,4H,3H2. The van der Waals surface area contributed by atoms with Crippen LogP contribution in [0.4, 0.5) is 0 Å². The van der Waals surface area contributed by atoms with Gasteiger partial charge in [0.15, 0.2) is 0 Å². The predicted octanol–water partition coefficient (Wildman–Crippen LogP) is 0.207. The van der Waals surface area contributed by atoms with Crippen molar-refractivity contribution in [2.75, 3.05) is 13.1 Å². The van der Waals surface area contributed by atoms with E-state index in [1.165, 1.54) is 0 Å². The second-order valence-electron chi connectivity index (χ2n) is 1.62. The maximum atomic E-state index is 2.93. The van der Waals surface area contributed by atoms with Gasteiger partial charge in [-0.1, -0.05) is 0 Å². The van der Waals surface area contributed by atoms with E-state index >= 15 is 0 Å². The molecule has 8 heavy (non-hydrogen) atoms. The summed E-state index contributed by atoms with van der Waals surface area (Å²) in [7, 11) is 0. The summed E-state index contributed by atoms with van der Waals surface area (Å²) in [6, 6.07) is 0. The summed E-state index contributed by atoms with van der Waals surface area (Å²) in [4.78, 5) is 0. The van der Waals surface area contributed by atoms with Gasteiger partial charge < -0.3 is 10.6 Å². The van der Waals surface area contributed by atoms with Crippen LogP contribution in [0.2, 0.25) is 0 Å². The van der Waals surface area contributed by atoms with Crippen LogP contribution < -0.4 is 10.6 Å². The van der Waals surface area contributed by atoms with Crippen molar-refractivity contribution in [3.8, 4) is 0 Å². The molecule has 0 spiro atoms. The fourth-order valence-electron chi connectivity index (χ4n) is 0.236. The summed E-state index contributed by atoms with van der Waals surface area (Å²) in [6.07, 6.45) is 8.00. The van der Waals surface area contributed by atoms with Gasteiger partial charge in [-0.15, -0.1) is 0 Å². The van der Waals surface area contributed by atoms with Crippen LogP contribution in [-0.4, -0.2) is 13.1 Å². The van der Waals surface area contributed by atoms with Gasteiger partial charge >= 0.3 is 0 Å². The first-order chi connectivity index (χ1) is 4.00. The Kier molecular flexibility index (Phi) is 2.04. The van der Waals surface area contributed by atoms with E-state index in [1.54, 1.807) is 0 Å². The fraction of sp³-hybridized carbons (Fsp3) is 0.333. The van der Waals surface area contributed by atoms with Crippen molar-refractivity contribution in [3.05, 3.63) is 24.6 Å². The van der Waals surface area contributed by atoms with Gasteiger partial charge in [0.05, 0.1) is 0 Å². The highest BCUT2D eigenvalue weighted by Crippen LogP contribution is 1.73. The van der Waals surface area contributed by atoms with E-state index in [4.69, 9.17) is 0 Å². The Labute approximate surface area is 49.3 Å². The summed E-state index contributed by atoms with van der Waals surface area (Å²) in [5, 5.41) is 5.86. The number of rotatable bonds is 0. The molecule has 2 aliphatic heterocycles. The molecule has 0 saturated carbocycles. The molecule has 2 N–H and O–H groups in total. The number of hydrogen-bond donors (Lipinski definition) is 2. The Morgan fingerprint density at radius 1 is 0.875 bits per heavy atom. The molecule has 0 aromatic rings. The third-order valence-corrected chi connectivity index (χ3v) is 0.943. The highest BCUT2D eigenvalue weighted by molar-refractivity contribution is 4.92. The van der Waals surface area contributed by atoms with Crippen LogP contribution in [0.5, 0.6) is 0 Å². The van der Waals surface area contributed by atoms with Crippen LogP contribution in [0.3, 0.4) is 0 Å². The molecular formula is C6H10N2. The van der Waals surface area contributed by atoms with Gasteiger partial charge in [-0.3, -0.25) is 0 Å². The quantitative estimate of drug-likeness (QED) is 0.465. The molecule has 0 amide bonds. The number of nitrogens with one attached hydrogen (secondary N) is 2. The fourth-order valence-corrected chi connectivity index (χ4v) is 0.236. The maximum absolute atomic E-state index is 2.93. The van der Waals surface area contributed by atoms with E-state index in [-0.39, 0.29) is 0 Å². The summed E-state index contributed by atoms with van der Waals surface area (Å²) in [6.45, 7) is 2.14. The molecule has 0 radical (unpaired) electrons. The van der Waals surface area contributed by atoms with E-state index in [2.05, 4.69) is 22.8 Å². The van der Waals surface area contributed by atoms with Gasteiger partial charge in [0.2, 0.25) is 0 Å². The molecule has 44 valence electrons. The second kappa shape index (κ2) is 3.13. The predicted molar refractivity (Wildman–Crippen MR) is 34.3 cm³/mol. The zero-order chi connectivity index (χ0) is 5.66. The molecule has 0 aromatic heterocycles. The molecule has 2 heteroatoms. The minimum Gasteiger partial charge on any atom is -0.388 e. The first-order valence-electron chi connectivity index (χ1n) is 2.77. The average molecular weight is 110 g/mol. The lowest BCUT2D eigenvalue weighted by Crippen LogP contribution is -2.12. The van der Waals surface area contributed by atoms with Crippen LogP contribution in [0.1, 0.15) is 0 Å². The maximum Gasteiger partial charge on any atom is 0.0342 e. The van der Waals surface area contributed by atoms with Crippen molar-refractivity contribution in [3.63, 3.8) is 0 Å². The van der Waals surface area contributed by atoms with Crippen molar-refractivity contribution in [2.45, 2.75) is 0 Å². The molecule has 0 bridgehead atoms. The Balaban J connectivity index is 0.0000000800. The minimum absolute atomic E-state index is 1.07. The summed E-state index contributed by atoms with van der Waals surface area (Å²) >= 11 is 0. The molecule has 0 atom stereocenters. The topological polar surface area (TPSA) is 24.1 Å². The van der Waals surface area contributed by atoms with Crippen molar-refractivity contribution >= 4 is 0 Å². The normalized spacial score (nSPS) is 18.0. The number of hydrogen-bond acceptors (Lipinski definition) is 2. The van der Waals surface area contributed by atoms with Crippen LogP contribution in [-0.2, 0) is 0 Å². The molecule has 2 rings (SSSR count). The molecular weight excluding hydrogens is 100 g/mol. The van der Waals surface area contributed by atoms with Crippen LogP contribution in [0.15, 0.2) is 24.6 Å². The van der Waals surface area contributed by atoms with E-state index in [0.717, 1.165) is 13.1 Å². The molecule has 0 aromatic carbocycles. The van der Waals surface area contributed by atoms with Gasteiger partial charge in [-0.25, -0.2) is 0 Å². The molecule has 2 heterocycles. The SMILES string of the molecule is C1=CNC1.C1=CNC1. The lowest BCUT2D eigenvalue weighted by Gasteiger charge is -1.99. The Morgan fingerprint density at radius 2 is 1.00 bits per heavy atom. The summed E-state index contributed by atoms with van der Waals surface area (Å²) in [5.41, 5.74) is 0. The highest BCUT2D eigenvalue weighted by atomic mass is 14.9. The van der Waals surface area contributed by atoms with Crippen molar-refractivity contribution < 1.29 is 0 Å². The van der Waals surface area contributed by atoms with Gasteiger partial charge in [0.1, 0.15) is 0 Å². The van der Waals surface area contributed by atoms with E-state index in [9.17, 15) is 0 Å². The van der Waals surface area contributed by atoms with Crippen molar-refractivity contribution in [1.82, 2.24) is 10.6 Å². The van der Waals surface area contributed by atoms with E-state index in [1.807, 2.05) is 12.4 Å². The van der Waals surface area contributed by atoms with Gasteiger partial charge in [0, 0.05) is 13.1 Å². The van der Waals surface area contributed by atoms with Crippen LogP contribution in [0.25, 0.3) is 0 Å². The average Bonchev–Trinajstić information content (AvgIpc) is 1.12. The molecule has 0 fully saturated rings. The molecule has 0 aliphatic carbocycles. The van der Waals surface area contributed by atoms with Gasteiger partial charge in [-0.2, -0.15) is 0 Å². The van der Waals surface area contributed by atoms with Crippen LogP contribution in [0, 0.1) is 0 Å². The monoisotopic (exact) mass is 110 g/mol. The highest BCUT2D eigenvalue weighted by Gasteiger charge is 1.77. The van der Waals surface area contributed by atoms with E-state index in [0.29, 0.717) is 0 Å². The van der Waals surface area contributed by atoms with Gasteiger partial charge in [-0.05, 0) is 24.6 Å². The zero-order valence-corrected chi connectivity index (χ0v) is 4.72. The molecule has 2 nitrogen and oxygen atoms in total. The third-order valence-electron chi connectivity index (χ3n) is 0.943. The smallest absolute Gasteiger partial charge is 0.0342 e. The lowest BCUT2D eigenvalue weighted by atomic mass is 10.5. The first-order valence-corrected chi connectivity index (χ1v) is 2.77. The molecule has 0 unspecified atom stereocenters. The Morgan fingerprint density at radius 3 is 1.00 bits per heavy atom. The first kappa shape index (κ1) is 5.22. The lowest BCUT2D eigenvalue weighted by molar-refractivity contribution is 0.902. The summed E-state index contributed by atoms with van der Waals surface area (Å²) in [5.74, 6) is 0. The molecule has 0 saturated heterocycles. The molecule has 2 aliphatic rings. The Hall–Kier alpha value is -0.920. The second-order valence-corrected chi connectivity index (χ2v) is 1.62. The largest absolute Gasteiger partial charge is 0.388 e.